The summed E-state index contributed by atoms with van der Waals surface area (Å²) in [5.74, 6) is 0.903. The van der Waals surface area contributed by atoms with Crippen LogP contribution in [0.4, 0.5) is 0 Å². The lowest BCUT2D eigenvalue weighted by molar-refractivity contribution is -0.0190. The molecule has 19 heavy (non-hydrogen) atoms. The molecule has 1 aliphatic rings. The average Bonchev–Trinajstić information content (AvgIpc) is 2.45. The molecular formula is C15H24N2O2. The minimum Gasteiger partial charge on any atom is -0.497 e. The van der Waals surface area contributed by atoms with E-state index in [1.165, 1.54) is 5.56 Å². The van der Waals surface area contributed by atoms with Gasteiger partial charge in [0, 0.05) is 25.7 Å². The van der Waals surface area contributed by atoms with Gasteiger partial charge in [0.25, 0.3) is 0 Å². The topological polar surface area (TPSA) is 33.7 Å². The van der Waals surface area contributed by atoms with Gasteiger partial charge < -0.3 is 19.7 Å². The minimum absolute atomic E-state index is 0.284. The van der Waals surface area contributed by atoms with Crippen LogP contribution in [-0.4, -0.2) is 51.4 Å². The molecule has 1 heterocycles. The maximum Gasteiger partial charge on any atom is 0.119 e. The standard InChI is InChI=1S/C15H24N2O2/c1-12(13-5-4-6-14(9-13)18-3)16-10-15-11-17(2)7-8-19-15/h4-6,9,12,15-16H,7-8,10-11H2,1-3H3/t12-,15?/m1/s1. The van der Waals surface area contributed by atoms with Crippen molar-refractivity contribution in [3.63, 3.8) is 0 Å². The van der Waals surface area contributed by atoms with Crippen LogP contribution in [0.15, 0.2) is 24.3 Å². The first-order valence-corrected chi connectivity index (χ1v) is 6.86. The van der Waals surface area contributed by atoms with Gasteiger partial charge in [0.2, 0.25) is 0 Å². The third-order valence-corrected chi connectivity index (χ3v) is 3.59. The first kappa shape index (κ1) is 14.3. The van der Waals surface area contributed by atoms with Gasteiger partial charge in [-0.25, -0.2) is 0 Å². The molecule has 0 radical (unpaired) electrons. The number of benzene rings is 1. The zero-order chi connectivity index (χ0) is 13.7. The zero-order valence-corrected chi connectivity index (χ0v) is 12.1. The van der Waals surface area contributed by atoms with Gasteiger partial charge in [0.1, 0.15) is 5.75 Å². The highest BCUT2D eigenvalue weighted by molar-refractivity contribution is 5.30. The number of likely N-dealkylation sites (N-methyl/N-ethyl adjacent to an activating group) is 1. The molecule has 0 amide bonds. The third-order valence-electron chi connectivity index (χ3n) is 3.59. The fourth-order valence-electron chi connectivity index (χ4n) is 2.33. The number of nitrogens with zero attached hydrogens (tertiary/aromatic N) is 1. The highest BCUT2D eigenvalue weighted by Crippen LogP contribution is 2.18. The summed E-state index contributed by atoms with van der Waals surface area (Å²) in [6.45, 7) is 5.90. The second-order valence-corrected chi connectivity index (χ2v) is 5.16. The van der Waals surface area contributed by atoms with Crippen molar-refractivity contribution < 1.29 is 9.47 Å². The molecule has 0 aromatic heterocycles. The predicted octanol–water partition coefficient (Wildman–Crippen LogP) is 1.68. The fraction of sp³-hybridized carbons (Fsp3) is 0.600. The summed E-state index contributed by atoms with van der Waals surface area (Å²) in [5.41, 5.74) is 1.24. The molecule has 0 bridgehead atoms. The van der Waals surface area contributed by atoms with E-state index in [0.29, 0.717) is 6.04 Å². The number of nitrogens with one attached hydrogen (secondary N) is 1. The van der Waals surface area contributed by atoms with E-state index in [-0.39, 0.29) is 6.10 Å². The van der Waals surface area contributed by atoms with E-state index >= 15 is 0 Å². The molecule has 4 heteroatoms. The van der Waals surface area contributed by atoms with Gasteiger partial charge in [-0.2, -0.15) is 0 Å². The van der Waals surface area contributed by atoms with E-state index in [4.69, 9.17) is 9.47 Å². The molecule has 0 saturated carbocycles. The van der Waals surface area contributed by atoms with Crippen LogP contribution in [0.2, 0.25) is 0 Å². The molecule has 2 rings (SSSR count). The first-order valence-electron chi connectivity index (χ1n) is 6.86. The summed E-state index contributed by atoms with van der Waals surface area (Å²) in [5, 5.41) is 3.53. The monoisotopic (exact) mass is 264 g/mol. The van der Waals surface area contributed by atoms with Gasteiger partial charge in [0.15, 0.2) is 0 Å². The number of morpholine rings is 1. The fourth-order valence-corrected chi connectivity index (χ4v) is 2.33. The lowest BCUT2D eigenvalue weighted by atomic mass is 10.1. The highest BCUT2D eigenvalue weighted by atomic mass is 16.5. The smallest absolute Gasteiger partial charge is 0.119 e. The molecule has 1 aliphatic heterocycles. The van der Waals surface area contributed by atoms with Crippen molar-refractivity contribution in [2.45, 2.75) is 19.1 Å². The van der Waals surface area contributed by atoms with E-state index in [1.54, 1.807) is 7.11 Å². The zero-order valence-electron chi connectivity index (χ0n) is 12.1. The van der Waals surface area contributed by atoms with Crippen molar-refractivity contribution in [3.05, 3.63) is 29.8 Å². The number of hydrogen-bond acceptors (Lipinski definition) is 4. The Labute approximate surface area is 115 Å². The summed E-state index contributed by atoms with van der Waals surface area (Å²) < 4.78 is 11.0. The Morgan fingerprint density at radius 1 is 1.53 bits per heavy atom. The van der Waals surface area contributed by atoms with Gasteiger partial charge in [-0.05, 0) is 31.7 Å². The van der Waals surface area contributed by atoms with Gasteiger partial charge in [-0.3, -0.25) is 0 Å². The van der Waals surface area contributed by atoms with Crippen molar-refractivity contribution in [1.82, 2.24) is 10.2 Å². The maximum absolute atomic E-state index is 5.75. The van der Waals surface area contributed by atoms with Crippen molar-refractivity contribution in [2.75, 3.05) is 40.4 Å². The van der Waals surface area contributed by atoms with E-state index in [9.17, 15) is 0 Å². The third kappa shape index (κ3) is 4.20. The van der Waals surface area contributed by atoms with Crippen LogP contribution in [0.5, 0.6) is 5.75 Å². The molecule has 0 spiro atoms. The summed E-state index contributed by atoms with van der Waals surface area (Å²) >= 11 is 0. The van der Waals surface area contributed by atoms with Crippen LogP contribution in [-0.2, 0) is 4.74 Å². The van der Waals surface area contributed by atoms with Crippen LogP contribution in [0.25, 0.3) is 0 Å². The van der Waals surface area contributed by atoms with E-state index in [2.05, 4.69) is 36.3 Å². The summed E-state index contributed by atoms with van der Waals surface area (Å²) in [7, 11) is 3.84. The second kappa shape index (κ2) is 6.89. The van der Waals surface area contributed by atoms with Crippen molar-refractivity contribution in [2.24, 2.45) is 0 Å². The Morgan fingerprint density at radius 3 is 3.11 bits per heavy atom. The summed E-state index contributed by atoms with van der Waals surface area (Å²) in [6, 6.07) is 8.48. The predicted molar refractivity (Wildman–Crippen MR) is 76.6 cm³/mol. The minimum atomic E-state index is 0.284. The van der Waals surface area contributed by atoms with E-state index in [0.717, 1.165) is 32.0 Å². The number of rotatable bonds is 5. The van der Waals surface area contributed by atoms with Gasteiger partial charge >= 0.3 is 0 Å². The normalized spacial score (nSPS) is 22.2. The number of methoxy groups -OCH3 is 1. The Kier molecular flexibility index (Phi) is 5.19. The Balaban J connectivity index is 1.84. The quantitative estimate of drug-likeness (QED) is 0.877. The molecule has 4 nitrogen and oxygen atoms in total. The molecule has 1 aromatic carbocycles. The summed E-state index contributed by atoms with van der Waals surface area (Å²) in [6.07, 6.45) is 0.284. The lowest BCUT2D eigenvalue weighted by Gasteiger charge is -2.31. The molecule has 106 valence electrons. The van der Waals surface area contributed by atoms with Crippen molar-refractivity contribution >= 4 is 0 Å². The Morgan fingerprint density at radius 2 is 2.37 bits per heavy atom. The van der Waals surface area contributed by atoms with Crippen LogP contribution in [0, 0.1) is 0 Å². The van der Waals surface area contributed by atoms with Gasteiger partial charge in [0.05, 0.1) is 19.8 Å². The number of ether oxygens (including phenoxy) is 2. The SMILES string of the molecule is COc1cccc([C@@H](C)NCC2CN(C)CCO2)c1. The van der Waals surface area contributed by atoms with Crippen LogP contribution in [0.1, 0.15) is 18.5 Å². The molecule has 1 fully saturated rings. The second-order valence-electron chi connectivity index (χ2n) is 5.16. The average molecular weight is 264 g/mol. The molecule has 2 atom stereocenters. The van der Waals surface area contributed by atoms with Gasteiger partial charge in [-0.15, -0.1) is 0 Å². The van der Waals surface area contributed by atoms with E-state index < -0.39 is 0 Å². The number of hydrogen-bond donors (Lipinski definition) is 1. The van der Waals surface area contributed by atoms with Crippen molar-refractivity contribution in [1.29, 1.82) is 0 Å². The van der Waals surface area contributed by atoms with Crippen molar-refractivity contribution in [3.8, 4) is 5.75 Å². The van der Waals surface area contributed by atoms with Crippen LogP contribution >= 0.6 is 0 Å². The largest absolute Gasteiger partial charge is 0.497 e. The molecule has 0 aliphatic carbocycles. The van der Waals surface area contributed by atoms with E-state index in [1.807, 2.05) is 12.1 Å². The van der Waals surface area contributed by atoms with Crippen LogP contribution in [0.3, 0.4) is 0 Å². The lowest BCUT2D eigenvalue weighted by Crippen LogP contribution is -2.45. The molecular weight excluding hydrogens is 240 g/mol. The highest BCUT2D eigenvalue weighted by Gasteiger charge is 2.18. The first-order chi connectivity index (χ1) is 9.19. The molecule has 1 N–H and O–H groups in total. The van der Waals surface area contributed by atoms with Gasteiger partial charge in [-0.1, -0.05) is 12.1 Å². The van der Waals surface area contributed by atoms with Crippen LogP contribution < -0.4 is 10.1 Å². The summed E-state index contributed by atoms with van der Waals surface area (Å²) in [4.78, 5) is 2.31. The Hall–Kier alpha value is -1.10. The molecule has 1 unspecified atom stereocenters. The Bertz CT molecular complexity index is 397. The maximum atomic E-state index is 5.75. The molecule has 1 aromatic rings. The molecule has 1 saturated heterocycles.